The number of carboxylic acids is 1. The van der Waals surface area contributed by atoms with Crippen molar-refractivity contribution in [1.82, 2.24) is 30.1 Å². The summed E-state index contributed by atoms with van der Waals surface area (Å²) >= 11 is 0. The summed E-state index contributed by atoms with van der Waals surface area (Å²) in [5.74, 6) is -0.313. The van der Waals surface area contributed by atoms with E-state index < -0.39 is 39.2 Å². The number of nitrogens with one attached hydrogen (secondary N) is 2. The van der Waals surface area contributed by atoms with E-state index in [2.05, 4.69) is 20.5 Å². The van der Waals surface area contributed by atoms with Crippen molar-refractivity contribution < 1.29 is 25.5 Å². The number of rotatable bonds is 8. The topological polar surface area (TPSA) is 173 Å². The molecule has 3 aliphatic rings. The SMILES string of the molecule is CC1(C)CC(Nc2nc(NCC(=O)O)nc(N(C3CC(C)(C)N([O])C(C)(C)C3)C3CC(C)(C)N([O])C(C)(C)C3)n2)CC(C)(C)N1[O]. The van der Waals surface area contributed by atoms with Crippen LogP contribution in [0.4, 0.5) is 17.8 Å². The molecule has 0 aromatic carbocycles. The predicted molar refractivity (Wildman–Crippen MR) is 173 cm³/mol. The van der Waals surface area contributed by atoms with Crippen LogP contribution in [0.15, 0.2) is 0 Å². The Bertz CT molecular complexity index is 1190. The highest BCUT2D eigenvalue weighted by Crippen LogP contribution is 2.45. The lowest BCUT2D eigenvalue weighted by molar-refractivity contribution is -0.294. The Hall–Kier alpha value is -2.36. The van der Waals surface area contributed by atoms with Crippen LogP contribution in [0.5, 0.6) is 0 Å². The van der Waals surface area contributed by atoms with Gasteiger partial charge in [0.15, 0.2) is 0 Å². The van der Waals surface area contributed by atoms with E-state index in [9.17, 15) is 25.5 Å². The molecule has 4 heterocycles. The fourth-order valence-corrected chi connectivity index (χ4v) is 8.77. The quantitative estimate of drug-likeness (QED) is 0.358. The number of hydrogen-bond acceptors (Lipinski definition) is 10. The van der Waals surface area contributed by atoms with Crippen molar-refractivity contribution >= 4 is 23.8 Å². The summed E-state index contributed by atoms with van der Waals surface area (Å²) in [5, 5.41) is 59.2. The highest BCUT2D eigenvalue weighted by atomic mass is 16.5. The Morgan fingerprint density at radius 3 is 1.37 bits per heavy atom. The molecule has 0 unspecified atom stereocenters. The first kappa shape index (κ1) is 36.5. The first-order valence-electron chi connectivity index (χ1n) is 16.5. The Labute approximate surface area is 274 Å². The molecule has 1 aromatic rings. The molecular formula is C32H56N9O5. The standard InChI is InChI=1S/C32H56N9O5/c1-27(2)13-20(14-28(3,4)39(27)44)34-25-35-24(33-19-23(42)43)36-26(37-25)38(21-15-29(5,6)40(45)30(7,8)16-21)22-17-31(9,10)41(46)32(11,12)18-22/h20-22H,13-19H2,1-12H3,(H,42,43)(H2,33,34,35,36,37). The number of nitrogens with zero attached hydrogens (tertiary/aromatic N) is 7. The van der Waals surface area contributed by atoms with Crippen LogP contribution in [-0.2, 0) is 20.4 Å². The van der Waals surface area contributed by atoms with Gasteiger partial charge in [0.1, 0.15) is 6.54 Å². The molecular weight excluding hydrogens is 590 g/mol. The highest BCUT2D eigenvalue weighted by Gasteiger charge is 2.53. The van der Waals surface area contributed by atoms with E-state index in [1.807, 2.05) is 83.1 Å². The Morgan fingerprint density at radius 2 is 1.00 bits per heavy atom. The molecule has 259 valence electrons. The summed E-state index contributed by atoms with van der Waals surface area (Å²) in [5.41, 5.74) is -3.99. The van der Waals surface area contributed by atoms with Gasteiger partial charge < -0.3 is 20.6 Å². The molecule has 0 atom stereocenters. The zero-order chi connectivity index (χ0) is 34.8. The van der Waals surface area contributed by atoms with Crippen molar-refractivity contribution in [2.75, 3.05) is 22.1 Å². The van der Waals surface area contributed by atoms with E-state index in [4.69, 9.17) is 9.97 Å². The van der Waals surface area contributed by atoms with E-state index in [0.29, 0.717) is 44.5 Å². The fourth-order valence-electron chi connectivity index (χ4n) is 8.77. The molecule has 0 aliphatic carbocycles. The van der Waals surface area contributed by atoms with Gasteiger partial charge in [0.2, 0.25) is 17.8 Å². The average molecular weight is 647 g/mol. The van der Waals surface area contributed by atoms with Gasteiger partial charge in [0, 0.05) is 51.4 Å². The highest BCUT2D eigenvalue weighted by molar-refractivity contribution is 5.72. The van der Waals surface area contributed by atoms with Crippen molar-refractivity contribution in [1.29, 1.82) is 0 Å². The molecule has 0 saturated carbocycles. The van der Waals surface area contributed by atoms with Gasteiger partial charge >= 0.3 is 5.97 Å². The Kier molecular flexibility index (Phi) is 9.48. The summed E-state index contributed by atoms with van der Waals surface area (Å²) in [4.78, 5) is 28.1. The summed E-state index contributed by atoms with van der Waals surface area (Å²) < 4.78 is 0. The van der Waals surface area contributed by atoms with Crippen LogP contribution in [0.25, 0.3) is 0 Å². The van der Waals surface area contributed by atoms with Crippen molar-refractivity contribution in [2.45, 2.75) is 173 Å². The zero-order valence-corrected chi connectivity index (χ0v) is 29.9. The van der Waals surface area contributed by atoms with Crippen LogP contribution in [-0.4, -0.2) is 99.1 Å². The Balaban J connectivity index is 1.84. The number of aromatic nitrogens is 3. The monoisotopic (exact) mass is 646 g/mol. The van der Waals surface area contributed by atoms with Crippen LogP contribution in [0.1, 0.15) is 122 Å². The van der Waals surface area contributed by atoms with Crippen molar-refractivity contribution in [3.05, 3.63) is 0 Å². The van der Waals surface area contributed by atoms with Gasteiger partial charge in [-0.05, 0) is 122 Å². The van der Waals surface area contributed by atoms with Gasteiger partial charge in [-0.3, -0.25) is 4.79 Å². The maximum absolute atomic E-state index is 13.4. The lowest BCUT2D eigenvalue weighted by atomic mass is 9.75. The second kappa shape index (κ2) is 12.0. The third kappa shape index (κ3) is 7.36. The number of aliphatic carboxylic acids is 1. The van der Waals surface area contributed by atoms with E-state index in [0.717, 1.165) is 5.06 Å². The molecule has 3 radical (unpaired) electrons. The number of piperidine rings is 3. The molecule has 1 aromatic heterocycles. The largest absolute Gasteiger partial charge is 0.480 e. The lowest BCUT2D eigenvalue weighted by Crippen LogP contribution is -2.67. The molecule has 14 heteroatoms. The van der Waals surface area contributed by atoms with Gasteiger partial charge in [-0.1, -0.05) is 0 Å². The number of anilines is 3. The van der Waals surface area contributed by atoms with Crippen molar-refractivity contribution in [3.63, 3.8) is 0 Å². The number of hydrogen-bond donors (Lipinski definition) is 3. The predicted octanol–water partition coefficient (Wildman–Crippen LogP) is 4.69. The molecule has 0 amide bonds. The maximum Gasteiger partial charge on any atom is 0.322 e. The van der Waals surface area contributed by atoms with Gasteiger partial charge in [-0.2, -0.15) is 15.0 Å². The molecule has 4 rings (SSSR count). The molecule has 3 N–H and O–H groups in total. The number of carboxylic acid groups (broad SMARTS) is 1. The first-order valence-corrected chi connectivity index (χ1v) is 16.5. The average Bonchev–Trinajstić information content (AvgIpc) is 2.87. The zero-order valence-electron chi connectivity index (χ0n) is 29.9. The molecule has 3 saturated heterocycles. The maximum atomic E-state index is 13.4. The third-order valence-corrected chi connectivity index (χ3v) is 10.1. The van der Waals surface area contributed by atoms with Gasteiger partial charge in [-0.15, -0.1) is 30.8 Å². The molecule has 0 spiro atoms. The fraction of sp³-hybridized carbons (Fsp3) is 0.875. The lowest BCUT2D eigenvalue weighted by Gasteiger charge is -2.57. The van der Waals surface area contributed by atoms with Gasteiger partial charge in [-0.25, -0.2) is 0 Å². The van der Waals surface area contributed by atoms with Gasteiger partial charge in [0.05, 0.1) is 0 Å². The third-order valence-electron chi connectivity index (χ3n) is 10.1. The van der Waals surface area contributed by atoms with E-state index in [1.165, 1.54) is 10.1 Å². The van der Waals surface area contributed by atoms with Crippen LogP contribution in [0.3, 0.4) is 0 Å². The van der Waals surface area contributed by atoms with E-state index >= 15 is 0 Å². The summed E-state index contributed by atoms with van der Waals surface area (Å²) in [6.45, 7) is 22.9. The van der Waals surface area contributed by atoms with Crippen LogP contribution in [0.2, 0.25) is 0 Å². The first-order chi connectivity index (χ1) is 20.8. The minimum Gasteiger partial charge on any atom is -0.480 e. The minimum atomic E-state index is -1.06. The summed E-state index contributed by atoms with van der Waals surface area (Å²) in [6.07, 6.45) is 3.25. The van der Waals surface area contributed by atoms with Crippen LogP contribution < -0.4 is 15.5 Å². The van der Waals surface area contributed by atoms with E-state index in [-0.39, 0.29) is 36.6 Å². The molecule has 3 aliphatic heterocycles. The molecule has 0 bridgehead atoms. The summed E-state index contributed by atoms with van der Waals surface area (Å²) in [6, 6.07) is -0.447. The van der Waals surface area contributed by atoms with Crippen LogP contribution >= 0.6 is 0 Å². The van der Waals surface area contributed by atoms with Crippen molar-refractivity contribution in [2.24, 2.45) is 0 Å². The Morgan fingerprint density at radius 1 is 0.652 bits per heavy atom. The number of carbonyl (C=O) groups is 1. The molecule has 46 heavy (non-hydrogen) atoms. The normalized spacial score (nSPS) is 26.8. The second-order valence-electron chi connectivity index (χ2n) is 17.6. The second-order valence-corrected chi connectivity index (χ2v) is 17.6. The molecule has 3 fully saturated rings. The van der Waals surface area contributed by atoms with Crippen LogP contribution in [0, 0.1) is 0 Å². The van der Waals surface area contributed by atoms with E-state index in [1.54, 1.807) is 0 Å². The van der Waals surface area contributed by atoms with Gasteiger partial charge in [0.25, 0.3) is 0 Å². The van der Waals surface area contributed by atoms with Crippen molar-refractivity contribution in [3.8, 4) is 0 Å². The summed E-state index contributed by atoms with van der Waals surface area (Å²) in [7, 11) is 0. The molecule has 14 nitrogen and oxygen atoms in total. The minimum absolute atomic E-state index is 0.110. The smallest absolute Gasteiger partial charge is 0.322 e. The number of hydroxylamine groups is 6.